The van der Waals surface area contributed by atoms with Crippen molar-refractivity contribution in [1.82, 2.24) is 0 Å². The van der Waals surface area contributed by atoms with E-state index in [1.807, 2.05) is 56.3 Å². The molecule has 0 heterocycles. The normalized spacial score (nSPS) is 12.2. The molecule has 3 rings (SSSR count). The maximum Gasteiger partial charge on any atom is 0.122 e. The molecule has 26 heavy (non-hydrogen) atoms. The predicted molar refractivity (Wildman–Crippen MR) is 111 cm³/mol. The van der Waals surface area contributed by atoms with Crippen molar-refractivity contribution < 1.29 is 5.11 Å². The number of aromatic hydroxyl groups is 1. The van der Waals surface area contributed by atoms with E-state index in [9.17, 15) is 5.11 Å². The Balaban J connectivity index is 2.36. The molecule has 3 aromatic rings. The van der Waals surface area contributed by atoms with Gasteiger partial charge >= 0.3 is 0 Å². The van der Waals surface area contributed by atoms with Gasteiger partial charge in [-0.05, 0) is 85.0 Å². The molecule has 0 saturated heterocycles. The van der Waals surface area contributed by atoms with Gasteiger partial charge in [-0.2, -0.15) is 0 Å². The van der Waals surface area contributed by atoms with Gasteiger partial charge in [0.2, 0.25) is 0 Å². The lowest BCUT2D eigenvalue weighted by Gasteiger charge is -2.24. The summed E-state index contributed by atoms with van der Waals surface area (Å²) >= 11 is 12.7. The SMILES string of the molecule is Cc1cc(Cl)cc(C(c2cccc(N)c2)c2cc(Cl)cc(C)c2O)c1C. The Morgan fingerprint density at radius 3 is 2.12 bits per heavy atom. The summed E-state index contributed by atoms with van der Waals surface area (Å²) in [6.45, 7) is 5.94. The number of hydrogen-bond donors (Lipinski definition) is 2. The summed E-state index contributed by atoms with van der Waals surface area (Å²) in [4.78, 5) is 0. The smallest absolute Gasteiger partial charge is 0.122 e. The van der Waals surface area contributed by atoms with Crippen LogP contribution in [0.2, 0.25) is 10.0 Å². The van der Waals surface area contributed by atoms with Crippen molar-refractivity contribution in [2.45, 2.75) is 26.7 Å². The van der Waals surface area contributed by atoms with Crippen LogP contribution in [0.15, 0.2) is 48.5 Å². The fourth-order valence-electron chi connectivity index (χ4n) is 3.39. The molecular formula is C22H21Cl2NO. The van der Waals surface area contributed by atoms with E-state index in [1.165, 1.54) is 0 Å². The standard InChI is InChI=1S/C22H21Cl2NO/c1-12-7-16(23)10-19(14(12)3)21(15-5-4-6-18(25)9-15)20-11-17(24)8-13(2)22(20)26/h4-11,21,26H,25H2,1-3H3. The number of nitrogens with two attached hydrogens (primary N) is 1. The highest BCUT2D eigenvalue weighted by Crippen LogP contribution is 2.42. The van der Waals surface area contributed by atoms with E-state index in [0.29, 0.717) is 15.7 Å². The summed E-state index contributed by atoms with van der Waals surface area (Å²) in [6.07, 6.45) is 0. The Hall–Kier alpha value is -2.16. The van der Waals surface area contributed by atoms with Gasteiger partial charge in [0.05, 0.1) is 0 Å². The van der Waals surface area contributed by atoms with E-state index < -0.39 is 0 Å². The average molecular weight is 386 g/mol. The van der Waals surface area contributed by atoms with Gasteiger partial charge in [0.15, 0.2) is 0 Å². The van der Waals surface area contributed by atoms with Crippen LogP contribution in [0.1, 0.15) is 39.3 Å². The maximum atomic E-state index is 10.8. The maximum absolute atomic E-state index is 10.8. The minimum atomic E-state index is -0.228. The zero-order chi connectivity index (χ0) is 19.0. The number of benzene rings is 3. The summed E-state index contributed by atoms with van der Waals surface area (Å²) in [6, 6.07) is 15.2. The lowest BCUT2D eigenvalue weighted by Crippen LogP contribution is -2.08. The van der Waals surface area contributed by atoms with E-state index in [2.05, 4.69) is 6.92 Å². The lowest BCUT2D eigenvalue weighted by molar-refractivity contribution is 0.463. The Labute approximate surface area is 164 Å². The van der Waals surface area contributed by atoms with Gasteiger partial charge in [0, 0.05) is 27.2 Å². The second kappa shape index (κ2) is 7.22. The lowest BCUT2D eigenvalue weighted by atomic mass is 9.81. The molecule has 0 aliphatic rings. The van der Waals surface area contributed by atoms with Crippen molar-refractivity contribution in [3.63, 3.8) is 0 Å². The van der Waals surface area contributed by atoms with Crippen molar-refractivity contribution in [3.8, 4) is 5.75 Å². The Kier molecular flexibility index (Phi) is 5.17. The van der Waals surface area contributed by atoms with Crippen molar-refractivity contribution in [2.24, 2.45) is 0 Å². The molecule has 0 aromatic heterocycles. The Bertz CT molecular complexity index is 925. The van der Waals surface area contributed by atoms with E-state index in [4.69, 9.17) is 28.9 Å². The van der Waals surface area contributed by atoms with Crippen LogP contribution in [0.5, 0.6) is 5.75 Å². The fourth-order valence-corrected chi connectivity index (χ4v) is 3.95. The predicted octanol–water partition coefficient (Wildman–Crippen LogP) is 6.39. The number of hydrogen-bond acceptors (Lipinski definition) is 2. The van der Waals surface area contributed by atoms with E-state index in [1.54, 1.807) is 6.07 Å². The first-order valence-corrected chi connectivity index (χ1v) is 9.14. The number of phenols is 1. The zero-order valence-corrected chi connectivity index (χ0v) is 16.5. The molecular weight excluding hydrogens is 365 g/mol. The van der Waals surface area contributed by atoms with Crippen molar-refractivity contribution in [3.05, 3.63) is 92.0 Å². The first-order valence-electron chi connectivity index (χ1n) is 8.39. The van der Waals surface area contributed by atoms with E-state index >= 15 is 0 Å². The van der Waals surface area contributed by atoms with Crippen LogP contribution in [-0.2, 0) is 0 Å². The second-order valence-corrected chi connectivity index (χ2v) is 7.57. The number of aryl methyl sites for hydroxylation is 2. The molecule has 1 unspecified atom stereocenters. The van der Waals surface area contributed by atoms with Gasteiger partial charge in [-0.3, -0.25) is 0 Å². The molecule has 0 fully saturated rings. The van der Waals surface area contributed by atoms with Crippen molar-refractivity contribution in [1.29, 1.82) is 0 Å². The number of phenolic OH excluding ortho intramolecular Hbond substituents is 1. The van der Waals surface area contributed by atoms with Crippen molar-refractivity contribution in [2.75, 3.05) is 5.73 Å². The highest BCUT2D eigenvalue weighted by Gasteiger charge is 2.24. The highest BCUT2D eigenvalue weighted by atomic mass is 35.5. The molecule has 2 nitrogen and oxygen atoms in total. The summed E-state index contributed by atoms with van der Waals surface area (Å²) in [5.41, 5.74) is 12.4. The molecule has 0 aliphatic heterocycles. The summed E-state index contributed by atoms with van der Waals surface area (Å²) in [5.74, 6) is 0.00662. The molecule has 0 spiro atoms. The van der Waals surface area contributed by atoms with Gasteiger partial charge in [0.1, 0.15) is 5.75 Å². The van der Waals surface area contributed by atoms with Crippen LogP contribution < -0.4 is 5.73 Å². The van der Waals surface area contributed by atoms with Gasteiger partial charge in [-0.25, -0.2) is 0 Å². The van der Waals surface area contributed by atoms with Crippen LogP contribution in [-0.4, -0.2) is 5.11 Å². The van der Waals surface area contributed by atoms with E-state index in [-0.39, 0.29) is 11.7 Å². The van der Waals surface area contributed by atoms with E-state index in [0.717, 1.165) is 33.4 Å². The number of rotatable bonds is 3. The largest absolute Gasteiger partial charge is 0.507 e. The molecule has 0 amide bonds. The first-order chi connectivity index (χ1) is 12.3. The average Bonchev–Trinajstić information content (AvgIpc) is 2.56. The third-order valence-corrected chi connectivity index (χ3v) is 5.27. The molecule has 0 aliphatic carbocycles. The number of nitrogen functional groups attached to an aromatic ring is 1. The van der Waals surface area contributed by atoms with Crippen LogP contribution in [0, 0.1) is 20.8 Å². The third-order valence-electron chi connectivity index (χ3n) is 4.83. The third kappa shape index (κ3) is 3.53. The van der Waals surface area contributed by atoms with Crippen LogP contribution in [0.25, 0.3) is 0 Å². The fraction of sp³-hybridized carbons (Fsp3) is 0.182. The summed E-state index contributed by atoms with van der Waals surface area (Å²) in [5, 5.41) is 12.0. The van der Waals surface area contributed by atoms with Crippen LogP contribution in [0.3, 0.4) is 0 Å². The quantitative estimate of drug-likeness (QED) is 0.405. The summed E-state index contributed by atoms with van der Waals surface area (Å²) in [7, 11) is 0. The molecule has 3 aromatic carbocycles. The number of halogens is 2. The highest BCUT2D eigenvalue weighted by molar-refractivity contribution is 6.31. The van der Waals surface area contributed by atoms with Gasteiger partial charge in [-0.1, -0.05) is 35.3 Å². The monoisotopic (exact) mass is 385 g/mol. The Morgan fingerprint density at radius 2 is 1.46 bits per heavy atom. The first kappa shape index (κ1) is 18.6. The molecule has 134 valence electrons. The number of anilines is 1. The zero-order valence-electron chi connectivity index (χ0n) is 15.0. The molecule has 0 bridgehead atoms. The molecule has 4 heteroatoms. The van der Waals surface area contributed by atoms with Crippen LogP contribution in [0.4, 0.5) is 5.69 Å². The van der Waals surface area contributed by atoms with Gasteiger partial charge in [0.25, 0.3) is 0 Å². The molecule has 1 atom stereocenters. The molecule has 0 saturated carbocycles. The topological polar surface area (TPSA) is 46.2 Å². The van der Waals surface area contributed by atoms with Crippen LogP contribution >= 0.6 is 23.2 Å². The molecule has 0 radical (unpaired) electrons. The minimum Gasteiger partial charge on any atom is -0.507 e. The van der Waals surface area contributed by atoms with Gasteiger partial charge in [-0.15, -0.1) is 0 Å². The van der Waals surface area contributed by atoms with Crippen molar-refractivity contribution >= 4 is 28.9 Å². The second-order valence-electron chi connectivity index (χ2n) is 6.70. The minimum absolute atomic E-state index is 0.228. The molecule has 3 N–H and O–H groups in total. The summed E-state index contributed by atoms with van der Waals surface area (Å²) < 4.78 is 0. The van der Waals surface area contributed by atoms with Gasteiger partial charge < -0.3 is 10.8 Å². The Morgan fingerprint density at radius 1 is 0.846 bits per heavy atom.